The number of fused-ring (bicyclic) bond motifs is 1. The van der Waals surface area contributed by atoms with Gasteiger partial charge in [-0.15, -0.1) is 0 Å². The molecule has 11 nitrogen and oxygen atoms in total. The highest BCUT2D eigenvalue weighted by molar-refractivity contribution is 5.78. The highest BCUT2D eigenvalue weighted by atomic mass is 19.1. The van der Waals surface area contributed by atoms with Gasteiger partial charge in [-0.2, -0.15) is 5.26 Å². The first-order valence-electron chi connectivity index (χ1n) is 14.1. The molecule has 43 heavy (non-hydrogen) atoms. The summed E-state index contributed by atoms with van der Waals surface area (Å²) in [4.78, 5) is 38.2. The number of pyridine rings is 2. The molecule has 4 aromatic rings. The number of carbonyl (C=O) groups is 1. The summed E-state index contributed by atoms with van der Waals surface area (Å²) in [6, 6.07) is 7.99. The molecular formula is C30H34F2N10O. The smallest absolute Gasteiger partial charge is 0.236 e. The van der Waals surface area contributed by atoms with Gasteiger partial charge in [-0.25, -0.2) is 28.7 Å². The molecule has 1 saturated heterocycles. The van der Waals surface area contributed by atoms with Crippen molar-refractivity contribution in [1.29, 1.82) is 5.26 Å². The molecule has 0 spiro atoms. The third-order valence-corrected chi connectivity index (χ3v) is 7.49. The van der Waals surface area contributed by atoms with Gasteiger partial charge < -0.3 is 19.6 Å². The lowest BCUT2D eigenvalue weighted by Gasteiger charge is -2.40. The molecule has 0 N–H and O–H groups in total. The Morgan fingerprint density at radius 2 is 1.93 bits per heavy atom. The van der Waals surface area contributed by atoms with E-state index in [0.29, 0.717) is 61.7 Å². The van der Waals surface area contributed by atoms with Crippen molar-refractivity contribution < 1.29 is 13.6 Å². The Morgan fingerprint density at radius 3 is 2.67 bits per heavy atom. The number of piperidine rings is 1. The second-order valence-electron chi connectivity index (χ2n) is 11.0. The molecule has 0 bridgehead atoms. The molecule has 4 aromatic heterocycles. The van der Waals surface area contributed by atoms with Gasteiger partial charge in [0.2, 0.25) is 5.91 Å². The van der Waals surface area contributed by atoms with Gasteiger partial charge in [0.05, 0.1) is 12.3 Å². The number of hydrogen-bond acceptors (Lipinski definition) is 9. The number of aromatic nitrogens is 5. The number of rotatable bonds is 9. The number of likely N-dealkylation sites (tertiary alicyclic amines) is 1. The summed E-state index contributed by atoms with van der Waals surface area (Å²) in [6.07, 6.45) is 5.64. The van der Waals surface area contributed by atoms with E-state index in [1.165, 1.54) is 12.3 Å². The SMILES string of the molecule is CN(C)CCN(c1nc(-c2cnc3ccc(F)cn23)nc(-c2ccnc(N(C)C)c2)c1F)C1CCCN(C(=O)CC#N)C1. The van der Waals surface area contributed by atoms with E-state index in [9.17, 15) is 9.18 Å². The first-order chi connectivity index (χ1) is 20.7. The van der Waals surface area contributed by atoms with Crippen molar-refractivity contribution in [3.63, 3.8) is 0 Å². The Bertz CT molecular complexity index is 1660. The average Bonchev–Trinajstić information content (AvgIpc) is 3.41. The van der Waals surface area contributed by atoms with Crippen LogP contribution in [0.15, 0.2) is 42.9 Å². The van der Waals surface area contributed by atoms with Gasteiger partial charge >= 0.3 is 0 Å². The second-order valence-corrected chi connectivity index (χ2v) is 11.0. The van der Waals surface area contributed by atoms with Gasteiger partial charge in [-0.1, -0.05) is 0 Å². The number of nitrogens with zero attached hydrogens (tertiary/aromatic N) is 10. The molecule has 1 fully saturated rings. The minimum Gasteiger partial charge on any atom is -0.363 e. The van der Waals surface area contributed by atoms with Gasteiger partial charge in [-0.05, 0) is 51.2 Å². The van der Waals surface area contributed by atoms with Crippen LogP contribution in [0.4, 0.5) is 20.4 Å². The van der Waals surface area contributed by atoms with E-state index in [0.717, 1.165) is 0 Å². The quantitative estimate of drug-likeness (QED) is 0.290. The van der Waals surface area contributed by atoms with Crippen molar-refractivity contribution in [2.24, 2.45) is 0 Å². The monoisotopic (exact) mass is 588 g/mol. The van der Waals surface area contributed by atoms with Gasteiger partial charge in [0, 0.05) is 64.3 Å². The molecular weight excluding hydrogens is 554 g/mol. The van der Waals surface area contributed by atoms with E-state index >= 15 is 4.39 Å². The Labute approximate surface area is 249 Å². The van der Waals surface area contributed by atoms with Crippen LogP contribution >= 0.6 is 0 Å². The predicted molar refractivity (Wildman–Crippen MR) is 159 cm³/mol. The standard InChI is InChI=1S/C30H34F2N10O/c1-38(2)14-15-41(22-6-5-13-40(19-22)26(43)9-11-33)30-27(32)28(20-10-12-34-25(16-20)39(3)4)36-29(37-30)23-17-35-24-8-7-21(31)18-42(23)24/h7-8,10,12,16-18,22H,5-6,9,13-15,19H2,1-4H3. The zero-order chi connectivity index (χ0) is 30.7. The summed E-state index contributed by atoms with van der Waals surface area (Å²) in [5.74, 6) is -0.439. The fourth-order valence-electron chi connectivity index (χ4n) is 5.25. The lowest BCUT2D eigenvalue weighted by molar-refractivity contribution is -0.131. The molecule has 0 radical (unpaired) electrons. The first kappa shape index (κ1) is 29.8. The number of nitriles is 1. The highest BCUT2D eigenvalue weighted by Gasteiger charge is 2.32. The molecule has 1 atom stereocenters. The number of amides is 1. The summed E-state index contributed by atoms with van der Waals surface area (Å²) >= 11 is 0. The Kier molecular flexibility index (Phi) is 8.77. The summed E-state index contributed by atoms with van der Waals surface area (Å²) in [5, 5.41) is 9.09. The maximum Gasteiger partial charge on any atom is 0.236 e. The van der Waals surface area contributed by atoms with Gasteiger partial charge in [-0.3, -0.25) is 9.20 Å². The van der Waals surface area contributed by atoms with Crippen molar-refractivity contribution in [2.45, 2.75) is 25.3 Å². The van der Waals surface area contributed by atoms with Crippen molar-refractivity contribution >= 4 is 23.2 Å². The Hall–Kier alpha value is -4.70. The largest absolute Gasteiger partial charge is 0.363 e. The molecule has 1 aliphatic rings. The summed E-state index contributed by atoms with van der Waals surface area (Å²) in [5.41, 5.74) is 1.47. The van der Waals surface area contributed by atoms with E-state index in [1.54, 1.807) is 39.9 Å². The molecule has 0 aromatic carbocycles. The number of hydrogen-bond donors (Lipinski definition) is 0. The van der Waals surface area contributed by atoms with Gasteiger partial charge in [0.15, 0.2) is 17.5 Å². The van der Waals surface area contributed by atoms with Crippen LogP contribution in [-0.4, -0.2) is 100 Å². The number of carbonyl (C=O) groups excluding carboxylic acids is 1. The molecule has 224 valence electrons. The van der Waals surface area contributed by atoms with Crippen LogP contribution in [0.25, 0.3) is 28.4 Å². The molecule has 1 amide bonds. The zero-order valence-corrected chi connectivity index (χ0v) is 24.7. The van der Waals surface area contributed by atoms with Crippen LogP contribution in [0.3, 0.4) is 0 Å². The van der Waals surface area contributed by atoms with E-state index in [4.69, 9.17) is 10.2 Å². The summed E-state index contributed by atoms with van der Waals surface area (Å²) in [6.45, 7) is 1.89. The molecule has 1 unspecified atom stereocenters. The third kappa shape index (κ3) is 6.39. The lowest BCUT2D eigenvalue weighted by Crippen LogP contribution is -2.51. The third-order valence-electron chi connectivity index (χ3n) is 7.49. The van der Waals surface area contributed by atoms with E-state index in [-0.39, 0.29) is 35.7 Å². The highest BCUT2D eigenvalue weighted by Crippen LogP contribution is 2.33. The average molecular weight is 589 g/mol. The lowest BCUT2D eigenvalue weighted by atomic mass is 10.0. The minimum absolute atomic E-state index is 0.0694. The maximum atomic E-state index is 16.8. The molecule has 5 heterocycles. The number of imidazole rings is 1. The van der Waals surface area contributed by atoms with Crippen molar-refractivity contribution in [3.05, 3.63) is 54.5 Å². The Morgan fingerprint density at radius 1 is 1.12 bits per heavy atom. The number of anilines is 2. The van der Waals surface area contributed by atoms with E-state index in [2.05, 4.69) is 15.0 Å². The van der Waals surface area contributed by atoms with Crippen LogP contribution in [-0.2, 0) is 4.79 Å². The Balaban J connectivity index is 1.69. The van der Waals surface area contributed by atoms with E-state index < -0.39 is 11.6 Å². The molecule has 1 aliphatic heterocycles. The minimum atomic E-state index is -0.612. The topological polar surface area (TPSA) is 110 Å². The molecule has 0 saturated carbocycles. The van der Waals surface area contributed by atoms with Crippen molar-refractivity contribution in [3.8, 4) is 28.8 Å². The molecule has 13 heteroatoms. The maximum absolute atomic E-state index is 16.8. The van der Waals surface area contributed by atoms with Crippen LogP contribution in [0.5, 0.6) is 0 Å². The van der Waals surface area contributed by atoms with E-state index in [1.807, 2.05) is 49.0 Å². The molecule has 5 rings (SSSR count). The van der Waals surface area contributed by atoms with Crippen LogP contribution in [0.2, 0.25) is 0 Å². The number of halogens is 2. The first-order valence-corrected chi connectivity index (χ1v) is 14.1. The second kappa shape index (κ2) is 12.7. The summed E-state index contributed by atoms with van der Waals surface area (Å²) < 4.78 is 32.6. The normalized spacial score (nSPS) is 15.1. The van der Waals surface area contributed by atoms with Gasteiger partial charge in [0.1, 0.15) is 35.1 Å². The number of likely N-dealkylation sites (N-methyl/N-ethyl adjacent to an activating group) is 1. The van der Waals surface area contributed by atoms with Gasteiger partial charge in [0.25, 0.3) is 0 Å². The van der Waals surface area contributed by atoms with Crippen molar-refractivity contribution in [1.82, 2.24) is 34.1 Å². The van der Waals surface area contributed by atoms with Crippen molar-refractivity contribution in [2.75, 3.05) is 64.2 Å². The summed E-state index contributed by atoms with van der Waals surface area (Å²) in [7, 11) is 7.55. The van der Waals surface area contributed by atoms with Crippen LogP contribution in [0.1, 0.15) is 19.3 Å². The van der Waals surface area contributed by atoms with Crippen LogP contribution in [0, 0.1) is 23.0 Å². The fourth-order valence-corrected chi connectivity index (χ4v) is 5.25. The predicted octanol–water partition coefficient (Wildman–Crippen LogP) is 3.47. The fraction of sp³-hybridized carbons (Fsp3) is 0.400. The van der Waals surface area contributed by atoms with Crippen LogP contribution < -0.4 is 9.80 Å². The zero-order valence-electron chi connectivity index (χ0n) is 24.7. The molecule has 0 aliphatic carbocycles.